The molecule has 0 bridgehead atoms. The van der Waals surface area contributed by atoms with Gasteiger partial charge in [0.15, 0.2) is 0 Å². The lowest BCUT2D eigenvalue weighted by Gasteiger charge is -1.93. The van der Waals surface area contributed by atoms with Gasteiger partial charge in [0.05, 0.1) is 15.7 Å². The van der Waals surface area contributed by atoms with Crippen molar-refractivity contribution < 1.29 is 8.78 Å². The lowest BCUT2D eigenvalue weighted by molar-refractivity contribution is 0.147. The number of hydrogen-bond acceptors (Lipinski definition) is 1. The number of hydrogen-bond donors (Lipinski definition) is 1. The predicted octanol–water partition coefficient (Wildman–Crippen LogP) is 1.82. The fraction of sp³-hybridized carbons (Fsp3) is 0.400. The van der Waals surface area contributed by atoms with Crippen molar-refractivity contribution in [3.8, 4) is 0 Å². The Hall–Kier alpha value is -0.200. The molecule has 0 aliphatic heterocycles. The van der Waals surface area contributed by atoms with Gasteiger partial charge in [-0.05, 0) is 22.6 Å². The van der Waals surface area contributed by atoms with E-state index in [-0.39, 0.29) is 6.42 Å². The summed E-state index contributed by atoms with van der Waals surface area (Å²) in [5.74, 6) is 0. The zero-order valence-corrected chi connectivity index (χ0v) is 7.10. The summed E-state index contributed by atoms with van der Waals surface area (Å²) in [6, 6.07) is 0. The maximum atomic E-state index is 11.7. The average Bonchev–Trinajstić information content (AvgIpc) is 2.15. The molecule has 0 amide bonds. The maximum Gasteiger partial charge on any atom is 0.244 e. The number of nitrogens with zero attached hydrogens (tertiary/aromatic N) is 1. The number of nitrogens with one attached hydrogen (secondary N) is 1. The van der Waals surface area contributed by atoms with Crippen LogP contribution in [0.5, 0.6) is 0 Å². The van der Waals surface area contributed by atoms with Crippen molar-refractivity contribution in [2.24, 2.45) is 0 Å². The van der Waals surface area contributed by atoms with Crippen molar-refractivity contribution in [1.82, 2.24) is 10.2 Å². The fourth-order valence-electron chi connectivity index (χ4n) is 0.593. The standard InChI is InChI=1S/C5H5F2IN2/c6-5(7)1-4-3(8)2-9-10-4/h2,5H,1H2,(H,9,10). The number of aromatic amines is 1. The minimum Gasteiger partial charge on any atom is -0.284 e. The molecule has 0 saturated carbocycles. The van der Waals surface area contributed by atoms with Crippen LogP contribution in [0.1, 0.15) is 5.69 Å². The number of halogens is 3. The molecule has 5 heteroatoms. The van der Waals surface area contributed by atoms with E-state index >= 15 is 0 Å². The normalized spacial score (nSPS) is 10.8. The zero-order valence-electron chi connectivity index (χ0n) is 4.94. The zero-order chi connectivity index (χ0) is 7.56. The third-order valence-electron chi connectivity index (χ3n) is 1.01. The summed E-state index contributed by atoms with van der Waals surface area (Å²) in [7, 11) is 0. The molecule has 0 radical (unpaired) electrons. The van der Waals surface area contributed by atoms with Crippen LogP contribution in [0, 0.1) is 3.57 Å². The molecule has 0 atom stereocenters. The molecule has 0 aliphatic rings. The lowest BCUT2D eigenvalue weighted by atomic mass is 10.3. The number of rotatable bonds is 2. The second kappa shape index (κ2) is 3.27. The monoisotopic (exact) mass is 258 g/mol. The Balaban J connectivity index is 2.65. The van der Waals surface area contributed by atoms with Crippen molar-refractivity contribution in [2.45, 2.75) is 12.8 Å². The summed E-state index contributed by atoms with van der Waals surface area (Å²) in [6.07, 6.45) is -0.975. The summed E-state index contributed by atoms with van der Waals surface area (Å²) in [6.45, 7) is 0. The third kappa shape index (κ3) is 1.89. The van der Waals surface area contributed by atoms with Crippen LogP contribution < -0.4 is 0 Å². The number of H-pyrrole nitrogens is 1. The van der Waals surface area contributed by atoms with E-state index in [1.54, 1.807) is 6.20 Å². The first kappa shape index (κ1) is 7.90. The second-order valence-electron chi connectivity index (χ2n) is 1.78. The highest BCUT2D eigenvalue weighted by molar-refractivity contribution is 14.1. The van der Waals surface area contributed by atoms with Gasteiger partial charge < -0.3 is 0 Å². The minimum atomic E-state index is -2.31. The van der Waals surface area contributed by atoms with Gasteiger partial charge in [-0.2, -0.15) is 5.10 Å². The smallest absolute Gasteiger partial charge is 0.244 e. The first-order valence-electron chi connectivity index (χ1n) is 2.66. The Morgan fingerprint density at radius 1 is 1.70 bits per heavy atom. The van der Waals surface area contributed by atoms with Crippen LogP contribution in [0.15, 0.2) is 6.20 Å². The van der Waals surface area contributed by atoms with Gasteiger partial charge in [0.2, 0.25) is 6.43 Å². The number of alkyl halides is 2. The van der Waals surface area contributed by atoms with Gasteiger partial charge in [-0.25, -0.2) is 8.78 Å². The molecule has 1 aromatic heterocycles. The van der Waals surface area contributed by atoms with E-state index in [0.29, 0.717) is 5.69 Å². The summed E-state index contributed by atoms with van der Waals surface area (Å²) in [4.78, 5) is 0. The van der Waals surface area contributed by atoms with E-state index in [0.717, 1.165) is 3.57 Å². The van der Waals surface area contributed by atoms with Crippen LogP contribution in [0.4, 0.5) is 8.78 Å². The molecular formula is C5H5F2IN2. The molecule has 0 aromatic carbocycles. The van der Waals surface area contributed by atoms with Crippen LogP contribution in [0.25, 0.3) is 0 Å². The van der Waals surface area contributed by atoms with Crippen LogP contribution in [-0.4, -0.2) is 16.6 Å². The highest BCUT2D eigenvalue weighted by atomic mass is 127. The molecule has 0 saturated heterocycles. The Morgan fingerprint density at radius 3 is 2.80 bits per heavy atom. The van der Waals surface area contributed by atoms with Gasteiger partial charge in [0, 0.05) is 6.20 Å². The van der Waals surface area contributed by atoms with Crippen molar-refractivity contribution in [2.75, 3.05) is 0 Å². The molecule has 1 rings (SSSR count). The molecule has 1 N–H and O–H groups in total. The summed E-state index contributed by atoms with van der Waals surface area (Å²) in [5, 5.41) is 6.16. The molecule has 10 heavy (non-hydrogen) atoms. The van der Waals surface area contributed by atoms with Crippen LogP contribution >= 0.6 is 22.6 Å². The first-order valence-corrected chi connectivity index (χ1v) is 3.74. The third-order valence-corrected chi connectivity index (χ3v) is 1.95. The highest BCUT2D eigenvalue weighted by Crippen LogP contribution is 2.11. The molecule has 0 aliphatic carbocycles. The van der Waals surface area contributed by atoms with E-state index in [1.807, 2.05) is 22.6 Å². The Kier molecular flexibility index (Phi) is 2.58. The van der Waals surface area contributed by atoms with Gasteiger partial charge in [-0.1, -0.05) is 0 Å². The number of aromatic nitrogens is 2. The van der Waals surface area contributed by atoms with Crippen molar-refractivity contribution >= 4 is 22.6 Å². The SMILES string of the molecule is FC(F)Cc1n[nH]cc1I. The quantitative estimate of drug-likeness (QED) is 0.805. The predicted molar refractivity (Wildman–Crippen MR) is 41.0 cm³/mol. The van der Waals surface area contributed by atoms with E-state index in [4.69, 9.17) is 0 Å². The van der Waals surface area contributed by atoms with Gasteiger partial charge in [0.25, 0.3) is 0 Å². The molecule has 1 heterocycles. The van der Waals surface area contributed by atoms with Crippen molar-refractivity contribution in [3.63, 3.8) is 0 Å². The lowest BCUT2D eigenvalue weighted by Crippen LogP contribution is -1.98. The summed E-state index contributed by atoms with van der Waals surface area (Å²) in [5.41, 5.74) is 0.440. The molecule has 1 aromatic rings. The van der Waals surface area contributed by atoms with E-state index in [9.17, 15) is 8.78 Å². The van der Waals surface area contributed by atoms with Gasteiger partial charge in [-0.15, -0.1) is 0 Å². The van der Waals surface area contributed by atoms with Gasteiger partial charge >= 0.3 is 0 Å². The average molecular weight is 258 g/mol. The van der Waals surface area contributed by atoms with Crippen LogP contribution in [0.2, 0.25) is 0 Å². The van der Waals surface area contributed by atoms with Gasteiger partial charge in [-0.3, -0.25) is 5.10 Å². The van der Waals surface area contributed by atoms with E-state index in [1.165, 1.54) is 0 Å². The Bertz CT molecular complexity index is 211. The molecule has 56 valence electrons. The van der Waals surface area contributed by atoms with Crippen LogP contribution in [-0.2, 0) is 6.42 Å². The highest BCUT2D eigenvalue weighted by Gasteiger charge is 2.09. The topological polar surface area (TPSA) is 28.7 Å². The first-order chi connectivity index (χ1) is 4.70. The van der Waals surface area contributed by atoms with Crippen molar-refractivity contribution in [1.29, 1.82) is 0 Å². The fourth-order valence-corrected chi connectivity index (χ4v) is 1.07. The largest absolute Gasteiger partial charge is 0.284 e. The Labute approximate surface area is 70.2 Å². The summed E-state index contributed by atoms with van der Waals surface area (Å²) >= 11 is 1.96. The minimum absolute atomic E-state index is 0.262. The maximum absolute atomic E-state index is 11.7. The Morgan fingerprint density at radius 2 is 2.40 bits per heavy atom. The van der Waals surface area contributed by atoms with Crippen molar-refractivity contribution in [3.05, 3.63) is 15.5 Å². The summed E-state index contributed by atoms with van der Waals surface area (Å²) < 4.78 is 24.2. The molecule has 2 nitrogen and oxygen atoms in total. The molecular weight excluding hydrogens is 253 g/mol. The van der Waals surface area contributed by atoms with Gasteiger partial charge in [0.1, 0.15) is 0 Å². The molecule has 0 unspecified atom stereocenters. The van der Waals surface area contributed by atoms with E-state index < -0.39 is 6.43 Å². The van der Waals surface area contributed by atoms with Crippen LogP contribution in [0.3, 0.4) is 0 Å². The second-order valence-corrected chi connectivity index (χ2v) is 2.94. The molecule has 0 spiro atoms. The molecule has 0 fully saturated rings. The van der Waals surface area contributed by atoms with E-state index in [2.05, 4.69) is 10.2 Å².